The van der Waals surface area contributed by atoms with Crippen LogP contribution in [0.4, 0.5) is 4.39 Å². The van der Waals surface area contributed by atoms with E-state index >= 15 is 0 Å². The normalized spacial score (nSPS) is 11.9. The minimum absolute atomic E-state index is 0.226. The number of aryl methyl sites for hydroxylation is 1. The molecule has 2 aromatic heterocycles. The molecule has 2 N–H and O–H groups in total. The summed E-state index contributed by atoms with van der Waals surface area (Å²) in [5, 5.41) is 15.8. The number of hydrogen-bond donors (Lipinski definition) is 1. The van der Waals surface area contributed by atoms with Crippen molar-refractivity contribution in [3.05, 3.63) is 102 Å². The standard InChI is InChI=1S/C29H24FN5O/c1-17(32)23(19-8-10-22(30)11-9-19)12-21-13-24-25(14-27(21)36-3)33-16-26-28(24)29(34-35(26)2)20-6-4-18(15-31)5-7-20/h4-11,13-14,16,23H,1,12,32H2,2-3H3. The van der Waals surface area contributed by atoms with Crippen LogP contribution < -0.4 is 10.5 Å². The number of aromatic nitrogens is 3. The first-order valence-corrected chi connectivity index (χ1v) is 11.4. The molecular formula is C29H24FN5O. The van der Waals surface area contributed by atoms with Gasteiger partial charge in [-0.3, -0.25) is 9.67 Å². The van der Waals surface area contributed by atoms with Crippen LogP contribution in [-0.2, 0) is 13.5 Å². The largest absolute Gasteiger partial charge is 0.496 e. The van der Waals surface area contributed by atoms with E-state index in [-0.39, 0.29) is 11.7 Å². The number of rotatable bonds is 6. The van der Waals surface area contributed by atoms with E-state index in [4.69, 9.17) is 15.6 Å². The van der Waals surface area contributed by atoms with Gasteiger partial charge in [-0.05, 0) is 47.9 Å². The van der Waals surface area contributed by atoms with Gasteiger partial charge in [0.1, 0.15) is 17.3 Å². The predicted octanol–water partition coefficient (Wildman–Crippen LogP) is 5.61. The van der Waals surface area contributed by atoms with Gasteiger partial charge in [0.25, 0.3) is 0 Å². The van der Waals surface area contributed by atoms with Crippen LogP contribution >= 0.6 is 0 Å². The molecule has 0 saturated carbocycles. The first-order valence-electron chi connectivity index (χ1n) is 11.4. The molecule has 36 heavy (non-hydrogen) atoms. The Bertz CT molecular complexity index is 1650. The van der Waals surface area contributed by atoms with E-state index in [0.717, 1.165) is 44.2 Å². The molecule has 2 heterocycles. The number of methoxy groups -OCH3 is 1. The first kappa shape index (κ1) is 23.1. The molecule has 178 valence electrons. The number of nitrogens with zero attached hydrogens (tertiary/aromatic N) is 4. The van der Waals surface area contributed by atoms with Crippen LogP contribution in [0.5, 0.6) is 5.75 Å². The minimum Gasteiger partial charge on any atom is -0.496 e. The SMILES string of the molecule is C=C(N)C(Cc1cc2c(cc1OC)ncc1c2c(-c2ccc(C#N)cc2)nn1C)c1ccc(F)cc1. The second-order valence-electron chi connectivity index (χ2n) is 8.74. The van der Waals surface area contributed by atoms with E-state index in [1.54, 1.807) is 37.6 Å². The zero-order valence-corrected chi connectivity index (χ0v) is 20.0. The van der Waals surface area contributed by atoms with Crippen LogP contribution in [0.25, 0.3) is 33.1 Å². The molecule has 0 fully saturated rings. The molecule has 1 unspecified atom stereocenters. The van der Waals surface area contributed by atoms with Crippen molar-refractivity contribution in [3.63, 3.8) is 0 Å². The molecule has 0 spiro atoms. The quantitative estimate of drug-likeness (QED) is 0.343. The Balaban J connectivity index is 1.70. The van der Waals surface area contributed by atoms with E-state index in [0.29, 0.717) is 23.4 Å². The number of pyridine rings is 1. The Labute approximate surface area is 208 Å². The lowest BCUT2D eigenvalue weighted by Crippen LogP contribution is -2.12. The van der Waals surface area contributed by atoms with Gasteiger partial charge in [-0.15, -0.1) is 0 Å². The fourth-order valence-corrected chi connectivity index (χ4v) is 4.63. The van der Waals surface area contributed by atoms with Gasteiger partial charge in [0, 0.05) is 41.1 Å². The number of allylic oxidation sites excluding steroid dienone is 1. The number of halogens is 1. The summed E-state index contributed by atoms with van der Waals surface area (Å²) in [4.78, 5) is 4.67. The summed E-state index contributed by atoms with van der Waals surface area (Å²) in [6, 6.07) is 19.8. The van der Waals surface area contributed by atoms with Crippen LogP contribution in [0, 0.1) is 17.1 Å². The summed E-state index contributed by atoms with van der Waals surface area (Å²) in [7, 11) is 3.51. The summed E-state index contributed by atoms with van der Waals surface area (Å²) >= 11 is 0. The summed E-state index contributed by atoms with van der Waals surface area (Å²) in [6.07, 6.45) is 2.32. The lowest BCUT2D eigenvalue weighted by Gasteiger charge is -2.20. The van der Waals surface area contributed by atoms with E-state index in [1.165, 1.54) is 12.1 Å². The number of hydrogen-bond acceptors (Lipinski definition) is 5. The maximum atomic E-state index is 13.5. The van der Waals surface area contributed by atoms with Crippen molar-refractivity contribution < 1.29 is 9.13 Å². The zero-order chi connectivity index (χ0) is 25.4. The van der Waals surface area contributed by atoms with E-state index in [9.17, 15) is 9.65 Å². The fourth-order valence-electron chi connectivity index (χ4n) is 4.63. The van der Waals surface area contributed by atoms with Crippen LogP contribution in [0.3, 0.4) is 0 Å². The topological polar surface area (TPSA) is 89.8 Å². The van der Waals surface area contributed by atoms with Crippen LogP contribution in [0.1, 0.15) is 22.6 Å². The molecule has 3 aromatic carbocycles. The Morgan fingerprint density at radius 2 is 1.89 bits per heavy atom. The summed E-state index contributed by atoms with van der Waals surface area (Å²) in [5.41, 5.74) is 12.4. The van der Waals surface area contributed by atoms with Gasteiger partial charge in [0.05, 0.1) is 36.0 Å². The molecule has 0 radical (unpaired) electrons. The van der Waals surface area contributed by atoms with Crippen LogP contribution in [-0.4, -0.2) is 21.9 Å². The average Bonchev–Trinajstić information content (AvgIpc) is 3.24. The van der Waals surface area contributed by atoms with Gasteiger partial charge in [0.2, 0.25) is 0 Å². The third-order valence-corrected chi connectivity index (χ3v) is 6.52. The highest BCUT2D eigenvalue weighted by molar-refractivity contribution is 6.11. The van der Waals surface area contributed by atoms with Crippen molar-refractivity contribution in [1.82, 2.24) is 14.8 Å². The van der Waals surface area contributed by atoms with Gasteiger partial charge in [-0.1, -0.05) is 30.8 Å². The van der Waals surface area contributed by atoms with Crippen molar-refractivity contribution >= 4 is 21.8 Å². The number of ether oxygens (including phenoxy) is 1. The molecule has 7 heteroatoms. The first-order chi connectivity index (χ1) is 17.4. The summed E-state index contributed by atoms with van der Waals surface area (Å²) in [5.74, 6) is 0.159. The van der Waals surface area contributed by atoms with Gasteiger partial charge in [0.15, 0.2) is 0 Å². The fraction of sp³-hybridized carbons (Fsp3) is 0.138. The summed E-state index contributed by atoms with van der Waals surface area (Å²) < 4.78 is 21.1. The third kappa shape index (κ3) is 4.03. The van der Waals surface area contributed by atoms with Crippen molar-refractivity contribution in [1.29, 1.82) is 5.26 Å². The molecular weight excluding hydrogens is 453 g/mol. The molecule has 0 bridgehead atoms. The molecule has 0 aliphatic rings. The Morgan fingerprint density at radius 1 is 1.17 bits per heavy atom. The highest BCUT2D eigenvalue weighted by Crippen LogP contribution is 2.37. The molecule has 0 aliphatic heterocycles. The number of benzene rings is 3. The van der Waals surface area contributed by atoms with Gasteiger partial charge >= 0.3 is 0 Å². The number of fused-ring (bicyclic) bond motifs is 3. The van der Waals surface area contributed by atoms with Gasteiger partial charge in [-0.25, -0.2) is 4.39 Å². The molecule has 6 nitrogen and oxygen atoms in total. The average molecular weight is 478 g/mol. The minimum atomic E-state index is -0.302. The molecule has 0 amide bonds. The van der Waals surface area contributed by atoms with Crippen molar-refractivity contribution in [3.8, 4) is 23.1 Å². The van der Waals surface area contributed by atoms with Crippen LogP contribution in [0.2, 0.25) is 0 Å². The van der Waals surface area contributed by atoms with Crippen molar-refractivity contribution in [2.45, 2.75) is 12.3 Å². The summed E-state index contributed by atoms with van der Waals surface area (Å²) in [6.45, 7) is 3.98. The molecule has 0 aliphatic carbocycles. The number of nitrogens with two attached hydrogens (primary N) is 1. The second-order valence-corrected chi connectivity index (χ2v) is 8.74. The zero-order valence-electron chi connectivity index (χ0n) is 20.0. The Hall–Kier alpha value is -4.70. The monoisotopic (exact) mass is 477 g/mol. The lowest BCUT2D eigenvalue weighted by atomic mass is 9.88. The van der Waals surface area contributed by atoms with Gasteiger partial charge < -0.3 is 10.5 Å². The Kier molecular flexibility index (Phi) is 5.87. The maximum absolute atomic E-state index is 13.5. The second kappa shape index (κ2) is 9.16. The molecule has 5 aromatic rings. The Morgan fingerprint density at radius 3 is 2.53 bits per heavy atom. The number of nitriles is 1. The molecule has 5 rings (SSSR count). The van der Waals surface area contributed by atoms with E-state index < -0.39 is 0 Å². The molecule has 1 atom stereocenters. The highest BCUT2D eigenvalue weighted by atomic mass is 19.1. The molecule has 0 saturated heterocycles. The highest BCUT2D eigenvalue weighted by Gasteiger charge is 2.20. The van der Waals surface area contributed by atoms with E-state index in [1.807, 2.05) is 29.9 Å². The van der Waals surface area contributed by atoms with Crippen molar-refractivity contribution in [2.75, 3.05) is 7.11 Å². The predicted molar refractivity (Wildman–Crippen MR) is 139 cm³/mol. The third-order valence-electron chi connectivity index (χ3n) is 6.52. The van der Waals surface area contributed by atoms with Crippen molar-refractivity contribution in [2.24, 2.45) is 12.8 Å². The smallest absolute Gasteiger partial charge is 0.124 e. The maximum Gasteiger partial charge on any atom is 0.124 e. The van der Waals surface area contributed by atoms with E-state index in [2.05, 4.69) is 23.7 Å². The van der Waals surface area contributed by atoms with Crippen LogP contribution in [0.15, 0.2) is 79.1 Å². The van der Waals surface area contributed by atoms with Gasteiger partial charge in [-0.2, -0.15) is 10.4 Å². The lowest BCUT2D eigenvalue weighted by molar-refractivity contribution is 0.409.